The van der Waals surface area contributed by atoms with Crippen LogP contribution in [0, 0.1) is 11.3 Å². The highest BCUT2D eigenvalue weighted by Gasteiger charge is 2.26. The topological polar surface area (TPSA) is 49.3 Å². The molecule has 106 valence electrons. The van der Waals surface area contributed by atoms with Gasteiger partial charge in [-0.15, -0.1) is 0 Å². The van der Waals surface area contributed by atoms with Gasteiger partial charge < -0.3 is 10.4 Å². The number of nitrogens with one attached hydrogen (secondary N) is 1. The summed E-state index contributed by atoms with van der Waals surface area (Å²) in [4.78, 5) is 11.0. The lowest BCUT2D eigenvalue weighted by molar-refractivity contribution is -0.147. The number of hydrogen-bond donors (Lipinski definition) is 2. The van der Waals surface area contributed by atoms with Gasteiger partial charge in [0.1, 0.15) is 0 Å². The molecule has 0 heterocycles. The summed E-state index contributed by atoms with van der Waals surface area (Å²) in [7, 11) is 0. The van der Waals surface area contributed by atoms with Crippen molar-refractivity contribution in [3.63, 3.8) is 0 Å². The lowest BCUT2D eigenvalue weighted by Crippen LogP contribution is -2.26. The van der Waals surface area contributed by atoms with E-state index in [0.29, 0.717) is 18.9 Å². The smallest absolute Gasteiger partial charge is 0.309 e. The quantitative estimate of drug-likeness (QED) is 0.786. The molecule has 0 fully saturated rings. The van der Waals surface area contributed by atoms with E-state index in [2.05, 4.69) is 43.4 Å². The van der Waals surface area contributed by atoms with Crippen LogP contribution in [0.3, 0.4) is 0 Å². The number of rotatable bonds is 7. The molecular formula is C16H25NO2. The van der Waals surface area contributed by atoms with Crippen LogP contribution in [0.2, 0.25) is 0 Å². The lowest BCUT2D eigenvalue weighted by atomic mass is 9.90. The molecule has 0 aliphatic carbocycles. The van der Waals surface area contributed by atoms with Crippen molar-refractivity contribution < 1.29 is 9.90 Å². The van der Waals surface area contributed by atoms with E-state index in [1.165, 1.54) is 5.56 Å². The molecule has 0 spiro atoms. The molecule has 1 rings (SSSR count). The van der Waals surface area contributed by atoms with E-state index >= 15 is 0 Å². The largest absolute Gasteiger partial charge is 0.481 e. The Kier molecular flexibility index (Phi) is 5.40. The molecule has 0 aliphatic heterocycles. The second kappa shape index (κ2) is 6.60. The molecule has 0 aromatic heterocycles. The molecule has 3 heteroatoms. The summed E-state index contributed by atoms with van der Waals surface area (Å²) in [5, 5.41) is 12.3. The van der Waals surface area contributed by atoms with Crippen molar-refractivity contribution in [3.05, 3.63) is 29.8 Å². The summed E-state index contributed by atoms with van der Waals surface area (Å²) in [5.41, 5.74) is 1.71. The zero-order valence-electron chi connectivity index (χ0n) is 12.4. The molecule has 1 aromatic rings. The van der Waals surface area contributed by atoms with Crippen LogP contribution in [0.1, 0.15) is 39.7 Å². The molecule has 0 bridgehead atoms. The van der Waals surface area contributed by atoms with Gasteiger partial charge in [0.15, 0.2) is 0 Å². The Morgan fingerprint density at radius 1 is 1.26 bits per heavy atom. The molecule has 0 radical (unpaired) electrons. The van der Waals surface area contributed by atoms with Crippen molar-refractivity contribution in [2.75, 3.05) is 11.9 Å². The van der Waals surface area contributed by atoms with Crippen molar-refractivity contribution in [2.45, 2.75) is 40.5 Å². The van der Waals surface area contributed by atoms with E-state index in [9.17, 15) is 4.79 Å². The molecule has 0 aliphatic rings. The molecule has 0 unspecified atom stereocenters. The number of carbonyl (C=O) groups is 1. The molecule has 2 N–H and O–H groups in total. The molecule has 1 aromatic carbocycles. The number of anilines is 1. The fraction of sp³-hybridized carbons (Fsp3) is 0.562. The van der Waals surface area contributed by atoms with Crippen molar-refractivity contribution in [1.29, 1.82) is 0 Å². The number of carboxylic acid groups (broad SMARTS) is 1. The van der Waals surface area contributed by atoms with Crippen LogP contribution in [0.25, 0.3) is 0 Å². The van der Waals surface area contributed by atoms with E-state index < -0.39 is 11.4 Å². The standard InChI is InChI=1S/C16H25NO2/c1-12(2)11-13-5-7-14(8-6-13)17-10-9-16(3,4)15(18)19/h5-8,12,17H,9-11H2,1-4H3,(H,18,19). The Morgan fingerprint density at radius 2 is 1.84 bits per heavy atom. The first kappa shape index (κ1) is 15.5. The van der Waals surface area contributed by atoms with E-state index in [-0.39, 0.29) is 0 Å². The fourth-order valence-corrected chi connectivity index (χ4v) is 1.86. The first-order chi connectivity index (χ1) is 8.81. The summed E-state index contributed by atoms with van der Waals surface area (Å²) in [6, 6.07) is 8.38. The maximum absolute atomic E-state index is 11.0. The van der Waals surface area contributed by atoms with Crippen LogP contribution in [0.15, 0.2) is 24.3 Å². The predicted octanol–water partition coefficient (Wildman–Crippen LogP) is 3.80. The van der Waals surface area contributed by atoms with Gasteiger partial charge in [0.05, 0.1) is 5.41 Å². The third-order valence-electron chi connectivity index (χ3n) is 3.26. The minimum absolute atomic E-state index is 0.607. The zero-order chi connectivity index (χ0) is 14.5. The molecule has 0 amide bonds. The van der Waals surface area contributed by atoms with E-state index in [0.717, 1.165) is 12.1 Å². The Hall–Kier alpha value is -1.51. The summed E-state index contributed by atoms with van der Waals surface area (Å²) < 4.78 is 0. The first-order valence-corrected chi connectivity index (χ1v) is 6.87. The average Bonchev–Trinajstić information content (AvgIpc) is 2.30. The Labute approximate surface area is 116 Å². The highest BCUT2D eigenvalue weighted by atomic mass is 16.4. The van der Waals surface area contributed by atoms with Gasteiger partial charge in [-0.1, -0.05) is 26.0 Å². The second-order valence-corrected chi connectivity index (χ2v) is 6.16. The Morgan fingerprint density at radius 3 is 2.32 bits per heavy atom. The van der Waals surface area contributed by atoms with E-state index in [4.69, 9.17) is 5.11 Å². The maximum atomic E-state index is 11.0. The molecule has 19 heavy (non-hydrogen) atoms. The molecule has 0 saturated carbocycles. The van der Waals surface area contributed by atoms with Crippen LogP contribution in [0.5, 0.6) is 0 Å². The number of benzene rings is 1. The maximum Gasteiger partial charge on any atom is 0.309 e. The number of aliphatic carboxylic acids is 1. The molecule has 3 nitrogen and oxygen atoms in total. The third-order valence-corrected chi connectivity index (χ3v) is 3.26. The van der Waals surface area contributed by atoms with Crippen LogP contribution in [-0.4, -0.2) is 17.6 Å². The average molecular weight is 263 g/mol. The van der Waals surface area contributed by atoms with Crippen molar-refractivity contribution in [1.82, 2.24) is 0 Å². The number of hydrogen-bond acceptors (Lipinski definition) is 2. The third kappa shape index (κ3) is 5.33. The van der Waals surface area contributed by atoms with E-state index in [1.54, 1.807) is 13.8 Å². The second-order valence-electron chi connectivity index (χ2n) is 6.16. The predicted molar refractivity (Wildman–Crippen MR) is 79.5 cm³/mol. The van der Waals surface area contributed by atoms with Gasteiger partial charge >= 0.3 is 5.97 Å². The summed E-state index contributed by atoms with van der Waals surface area (Å²) in [5.74, 6) is -0.0863. The summed E-state index contributed by atoms with van der Waals surface area (Å²) in [6.07, 6.45) is 1.70. The Bertz CT molecular complexity index is 407. The van der Waals surface area contributed by atoms with Gasteiger partial charge in [0, 0.05) is 12.2 Å². The fourth-order valence-electron chi connectivity index (χ4n) is 1.86. The summed E-state index contributed by atoms with van der Waals surface area (Å²) in [6.45, 7) is 8.59. The summed E-state index contributed by atoms with van der Waals surface area (Å²) >= 11 is 0. The van der Waals surface area contributed by atoms with Gasteiger partial charge in [-0.25, -0.2) is 0 Å². The Balaban J connectivity index is 2.44. The van der Waals surface area contributed by atoms with Crippen LogP contribution in [-0.2, 0) is 11.2 Å². The highest BCUT2D eigenvalue weighted by molar-refractivity contribution is 5.73. The van der Waals surface area contributed by atoms with Crippen molar-refractivity contribution >= 4 is 11.7 Å². The zero-order valence-corrected chi connectivity index (χ0v) is 12.4. The van der Waals surface area contributed by atoms with Crippen LogP contribution in [0.4, 0.5) is 5.69 Å². The van der Waals surface area contributed by atoms with E-state index in [1.807, 2.05) is 0 Å². The molecule has 0 atom stereocenters. The monoisotopic (exact) mass is 263 g/mol. The minimum Gasteiger partial charge on any atom is -0.481 e. The van der Waals surface area contributed by atoms with Gasteiger partial charge in [-0.05, 0) is 50.3 Å². The van der Waals surface area contributed by atoms with Gasteiger partial charge in [-0.2, -0.15) is 0 Å². The lowest BCUT2D eigenvalue weighted by Gasteiger charge is -2.19. The van der Waals surface area contributed by atoms with Gasteiger partial charge in [0.2, 0.25) is 0 Å². The van der Waals surface area contributed by atoms with Crippen molar-refractivity contribution in [3.8, 4) is 0 Å². The molecule has 0 saturated heterocycles. The first-order valence-electron chi connectivity index (χ1n) is 6.87. The normalized spacial score (nSPS) is 11.6. The van der Waals surface area contributed by atoms with Crippen LogP contribution < -0.4 is 5.32 Å². The SMILES string of the molecule is CC(C)Cc1ccc(NCCC(C)(C)C(=O)O)cc1. The van der Waals surface area contributed by atoms with Gasteiger partial charge in [0.25, 0.3) is 0 Å². The highest BCUT2D eigenvalue weighted by Crippen LogP contribution is 2.20. The van der Waals surface area contributed by atoms with Crippen LogP contribution >= 0.6 is 0 Å². The number of carboxylic acids is 1. The van der Waals surface area contributed by atoms with Crippen molar-refractivity contribution in [2.24, 2.45) is 11.3 Å². The van der Waals surface area contributed by atoms with Gasteiger partial charge in [-0.3, -0.25) is 4.79 Å². The minimum atomic E-state index is -0.749. The molecular weight excluding hydrogens is 238 g/mol.